The van der Waals surface area contributed by atoms with Crippen LogP contribution in [0.3, 0.4) is 0 Å². The van der Waals surface area contributed by atoms with Crippen molar-refractivity contribution in [2.75, 3.05) is 5.73 Å². The van der Waals surface area contributed by atoms with Crippen molar-refractivity contribution in [1.82, 2.24) is 9.78 Å². The third-order valence-electron chi connectivity index (χ3n) is 2.73. The lowest BCUT2D eigenvalue weighted by Crippen LogP contribution is -2.03. The van der Waals surface area contributed by atoms with E-state index < -0.39 is 5.97 Å². The molecule has 1 aromatic rings. The smallest absolute Gasteiger partial charge is 0.358 e. The first kappa shape index (κ1) is 13.5. The first-order chi connectivity index (χ1) is 8.15. The normalized spacial score (nSPS) is 10.6. The number of nitrogens with two attached hydrogens (primary N) is 1. The highest BCUT2D eigenvalue weighted by Gasteiger charge is 2.12. The van der Waals surface area contributed by atoms with Gasteiger partial charge in [-0.3, -0.25) is 4.68 Å². The van der Waals surface area contributed by atoms with Gasteiger partial charge in [-0.25, -0.2) is 4.79 Å². The van der Waals surface area contributed by atoms with Crippen LogP contribution in [-0.2, 0) is 6.54 Å². The Labute approximate surface area is 102 Å². The molecule has 0 aromatic carbocycles. The Morgan fingerprint density at radius 1 is 1.35 bits per heavy atom. The molecule has 17 heavy (non-hydrogen) atoms. The van der Waals surface area contributed by atoms with Crippen LogP contribution in [0.1, 0.15) is 55.9 Å². The molecule has 0 saturated carbocycles. The Morgan fingerprint density at radius 3 is 2.59 bits per heavy atom. The second-order valence-electron chi connectivity index (χ2n) is 4.27. The van der Waals surface area contributed by atoms with E-state index in [1.54, 1.807) is 10.9 Å². The van der Waals surface area contributed by atoms with E-state index in [9.17, 15) is 4.79 Å². The number of anilines is 1. The van der Waals surface area contributed by atoms with E-state index in [4.69, 9.17) is 10.8 Å². The topological polar surface area (TPSA) is 81.1 Å². The zero-order valence-electron chi connectivity index (χ0n) is 10.4. The monoisotopic (exact) mass is 239 g/mol. The predicted octanol–water partition coefficient (Wildman–Crippen LogP) is 2.52. The molecule has 3 N–H and O–H groups in total. The lowest BCUT2D eigenvalue weighted by atomic mass is 10.1. The van der Waals surface area contributed by atoms with Gasteiger partial charge < -0.3 is 10.8 Å². The summed E-state index contributed by atoms with van der Waals surface area (Å²) < 4.78 is 1.62. The number of carbonyl (C=O) groups is 1. The average molecular weight is 239 g/mol. The lowest BCUT2D eigenvalue weighted by Gasteiger charge is -2.01. The van der Waals surface area contributed by atoms with Gasteiger partial charge in [-0.05, 0) is 6.42 Å². The summed E-state index contributed by atoms with van der Waals surface area (Å²) >= 11 is 0. The second kappa shape index (κ2) is 6.93. The fourth-order valence-corrected chi connectivity index (χ4v) is 1.77. The van der Waals surface area contributed by atoms with E-state index in [1.807, 2.05) is 0 Å². The SMILES string of the molecule is CCCCCCCCn1cc(N)c(C(=O)O)n1. The number of unbranched alkanes of at least 4 members (excludes halogenated alkanes) is 5. The maximum absolute atomic E-state index is 10.7. The van der Waals surface area contributed by atoms with Crippen molar-refractivity contribution in [2.24, 2.45) is 0 Å². The fourth-order valence-electron chi connectivity index (χ4n) is 1.77. The summed E-state index contributed by atoms with van der Waals surface area (Å²) in [7, 11) is 0. The maximum Gasteiger partial charge on any atom is 0.358 e. The molecule has 0 amide bonds. The van der Waals surface area contributed by atoms with E-state index in [0.717, 1.165) is 19.4 Å². The quantitative estimate of drug-likeness (QED) is 0.683. The molecule has 0 radical (unpaired) electrons. The van der Waals surface area contributed by atoms with Crippen molar-refractivity contribution in [2.45, 2.75) is 52.0 Å². The van der Waals surface area contributed by atoms with Crippen LogP contribution in [0.15, 0.2) is 6.20 Å². The Kier molecular flexibility index (Phi) is 5.52. The zero-order valence-corrected chi connectivity index (χ0v) is 10.4. The van der Waals surface area contributed by atoms with Gasteiger partial charge in [0.2, 0.25) is 0 Å². The minimum atomic E-state index is -1.07. The van der Waals surface area contributed by atoms with Crippen LogP contribution in [0, 0.1) is 0 Å². The number of carboxylic acid groups (broad SMARTS) is 1. The number of rotatable bonds is 8. The summed E-state index contributed by atoms with van der Waals surface area (Å²) in [5, 5.41) is 12.7. The van der Waals surface area contributed by atoms with Crippen LogP contribution in [0.5, 0.6) is 0 Å². The van der Waals surface area contributed by atoms with Gasteiger partial charge in [-0.1, -0.05) is 39.0 Å². The molecular weight excluding hydrogens is 218 g/mol. The van der Waals surface area contributed by atoms with Gasteiger partial charge in [-0.15, -0.1) is 0 Å². The number of carboxylic acids is 1. The minimum absolute atomic E-state index is 0.0454. The summed E-state index contributed by atoms with van der Waals surface area (Å²) in [6.45, 7) is 2.93. The van der Waals surface area contributed by atoms with Gasteiger partial charge >= 0.3 is 5.97 Å². The van der Waals surface area contributed by atoms with Crippen molar-refractivity contribution in [1.29, 1.82) is 0 Å². The van der Waals surface area contributed by atoms with E-state index in [2.05, 4.69) is 12.0 Å². The summed E-state index contributed by atoms with van der Waals surface area (Å²) in [6.07, 6.45) is 8.81. The summed E-state index contributed by atoms with van der Waals surface area (Å²) in [5.74, 6) is -1.07. The molecule has 0 fully saturated rings. The standard InChI is InChI=1S/C12H21N3O2/c1-2-3-4-5-6-7-8-15-9-10(13)11(14-15)12(16)17/h9H,2-8,13H2,1H3,(H,16,17). The van der Waals surface area contributed by atoms with Crippen LogP contribution in [0.4, 0.5) is 5.69 Å². The number of nitrogen functional groups attached to an aromatic ring is 1. The van der Waals surface area contributed by atoms with Crippen molar-refractivity contribution in [3.05, 3.63) is 11.9 Å². The molecule has 1 heterocycles. The number of hydrogen-bond acceptors (Lipinski definition) is 3. The molecule has 96 valence electrons. The Balaban J connectivity index is 2.27. The van der Waals surface area contributed by atoms with Crippen LogP contribution < -0.4 is 5.73 Å². The molecule has 5 nitrogen and oxygen atoms in total. The van der Waals surface area contributed by atoms with Gasteiger partial charge in [0.25, 0.3) is 0 Å². The highest BCUT2D eigenvalue weighted by atomic mass is 16.4. The van der Waals surface area contributed by atoms with E-state index in [0.29, 0.717) is 0 Å². The molecule has 5 heteroatoms. The van der Waals surface area contributed by atoms with Gasteiger partial charge in [-0.2, -0.15) is 5.10 Å². The highest BCUT2D eigenvalue weighted by molar-refractivity contribution is 5.91. The zero-order chi connectivity index (χ0) is 12.7. The largest absolute Gasteiger partial charge is 0.476 e. The first-order valence-corrected chi connectivity index (χ1v) is 6.21. The van der Waals surface area contributed by atoms with Crippen molar-refractivity contribution >= 4 is 11.7 Å². The predicted molar refractivity (Wildman–Crippen MR) is 67.0 cm³/mol. The third kappa shape index (κ3) is 4.46. The van der Waals surface area contributed by atoms with Gasteiger partial charge in [0.15, 0.2) is 5.69 Å². The fraction of sp³-hybridized carbons (Fsp3) is 0.667. The summed E-state index contributed by atoms with van der Waals surface area (Å²) in [4.78, 5) is 10.7. The van der Waals surface area contributed by atoms with Crippen molar-refractivity contribution in [3.63, 3.8) is 0 Å². The van der Waals surface area contributed by atoms with Crippen LogP contribution in [0.25, 0.3) is 0 Å². The van der Waals surface area contributed by atoms with Gasteiger partial charge in [0.1, 0.15) is 0 Å². The number of aryl methyl sites for hydroxylation is 1. The van der Waals surface area contributed by atoms with E-state index in [1.165, 1.54) is 25.7 Å². The van der Waals surface area contributed by atoms with Crippen LogP contribution in [-0.4, -0.2) is 20.9 Å². The molecule has 1 rings (SSSR count). The Hall–Kier alpha value is -1.52. The van der Waals surface area contributed by atoms with Crippen molar-refractivity contribution in [3.8, 4) is 0 Å². The third-order valence-corrected chi connectivity index (χ3v) is 2.73. The molecule has 0 saturated heterocycles. The van der Waals surface area contributed by atoms with Gasteiger partial charge in [0.05, 0.1) is 5.69 Å². The maximum atomic E-state index is 10.7. The second-order valence-corrected chi connectivity index (χ2v) is 4.27. The molecule has 0 unspecified atom stereocenters. The number of aromatic nitrogens is 2. The molecule has 0 aliphatic carbocycles. The Bertz CT molecular complexity index is 361. The first-order valence-electron chi connectivity index (χ1n) is 6.21. The van der Waals surface area contributed by atoms with Crippen LogP contribution in [0.2, 0.25) is 0 Å². The molecule has 0 spiro atoms. The van der Waals surface area contributed by atoms with Gasteiger partial charge in [0, 0.05) is 12.7 Å². The van der Waals surface area contributed by atoms with E-state index in [-0.39, 0.29) is 11.4 Å². The number of aromatic carboxylic acids is 1. The molecule has 0 aliphatic rings. The molecule has 0 bridgehead atoms. The van der Waals surface area contributed by atoms with Crippen LogP contribution >= 0.6 is 0 Å². The Morgan fingerprint density at radius 2 is 2.00 bits per heavy atom. The summed E-state index contributed by atoms with van der Waals surface area (Å²) in [5.41, 5.74) is 5.74. The van der Waals surface area contributed by atoms with E-state index >= 15 is 0 Å². The summed E-state index contributed by atoms with van der Waals surface area (Å²) in [6, 6.07) is 0. The highest BCUT2D eigenvalue weighted by Crippen LogP contribution is 2.11. The average Bonchev–Trinajstić information content (AvgIpc) is 2.65. The molecule has 0 aliphatic heterocycles. The molecule has 1 aromatic heterocycles. The molecular formula is C12H21N3O2. The lowest BCUT2D eigenvalue weighted by molar-refractivity contribution is 0.0690. The number of nitrogens with zero attached hydrogens (tertiary/aromatic N) is 2. The molecule has 0 atom stereocenters. The van der Waals surface area contributed by atoms with Crippen molar-refractivity contribution < 1.29 is 9.90 Å². The number of hydrogen-bond donors (Lipinski definition) is 2. The minimum Gasteiger partial charge on any atom is -0.476 e.